The van der Waals surface area contributed by atoms with Gasteiger partial charge in [0.25, 0.3) is 0 Å². The van der Waals surface area contributed by atoms with E-state index in [1.54, 1.807) is 18.5 Å². The van der Waals surface area contributed by atoms with Crippen LogP contribution in [-0.2, 0) is 0 Å². The molecule has 0 unspecified atom stereocenters. The van der Waals surface area contributed by atoms with Crippen molar-refractivity contribution >= 4 is 11.0 Å². The molecule has 3 aromatic rings. The van der Waals surface area contributed by atoms with Gasteiger partial charge in [-0.3, -0.25) is 4.57 Å². The summed E-state index contributed by atoms with van der Waals surface area (Å²) in [5.74, 6) is 0.580. The average Bonchev–Trinajstić information content (AvgIpc) is 2.82. The van der Waals surface area contributed by atoms with E-state index in [0.717, 1.165) is 16.7 Å². The first-order valence-electron chi connectivity index (χ1n) is 5.59. The number of aromatic nitrogens is 2. The van der Waals surface area contributed by atoms with Gasteiger partial charge in [-0.15, -0.1) is 0 Å². The number of ether oxygens (including phenoxy) is 1. The lowest BCUT2D eigenvalue weighted by Crippen LogP contribution is -1.92. The van der Waals surface area contributed by atoms with E-state index in [9.17, 15) is 5.11 Å². The molecular formula is C14H12N2O2. The summed E-state index contributed by atoms with van der Waals surface area (Å²) in [5, 5.41) is 9.80. The van der Waals surface area contributed by atoms with E-state index in [2.05, 4.69) is 4.98 Å². The van der Waals surface area contributed by atoms with Crippen LogP contribution in [0, 0.1) is 0 Å². The minimum Gasteiger partial charge on any atom is -0.504 e. The van der Waals surface area contributed by atoms with Gasteiger partial charge in [0.15, 0.2) is 11.5 Å². The number of rotatable bonds is 2. The van der Waals surface area contributed by atoms with Crippen LogP contribution in [0.4, 0.5) is 0 Å². The molecule has 1 N–H and O–H groups in total. The lowest BCUT2D eigenvalue weighted by atomic mass is 10.2. The Labute approximate surface area is 104 Å². The lowest BCUT2D eigenvalue weighted by molar-refractivity contribution is 0.373. The topological polar surface area (TPSA) is 47.3 Å². The van der Waals surface area contributed by atoms with E-state index >= 15 is 0 Å². The van der Waals surface area contributed by atoms with Gasteiger partial charge in [-0.25, -0.2) is 4.98 Å². The number of aromatic hydroxyl groups is 1. The zero-order valence-electron chi connectivity index (χ0n) is 9.87. The van der Waals surface area contributed by atoms with Crippen molar-refractivity contribution in [2.45, 2.75) is 0 Å². The van der Waals surface area contributed by atoms with Gasteiger partial charge >= 0.3 is 0 Å². The standard InChI is InChI=1S/C14H12N2O2/c1-18-14-7-6-10(8-13(14)17)16-9-15-11-4-2-3-5-12(11)16/h2-9,17H,1H3. The summed E-state index contributed by atoms with van der Waals surface area (Å²) in [6, 6.07) is 13.1. The van der Waals surface area contributed by atoms with Crippen LogP contribution in [0.15, 0.2) is 48.8 Å². The molecule has 3 rings (SSSR count). The van der Waals surface area contributed by atoms with Gasteiger partial charge in [0.05, 0.1) is 23.8 Å². The highest BCUT2D eigenvalue weighted by Crippen LogP contribution is 2.29. The van der Waals surface area contributed by atoms with E-state index in [1.165, 1.54) is 7.11 Å². The average molecular weight is 240 g/mol. The Hall–Kier alpha value is -2.49. The number of fused-ring (bicyclic) bond motifs is 1. The minimum atomic E-state index is 0.118. The van der Waals surface area contributed by atoms with Crippen molar-refractivity contribution in [2.75, 3.05) is 7.11 Å². The molecular weight excluding hydrogens is 228 g/mol. The molecule has 0 spiro atoms. The second-order valence-corrected chi connectivity index (χ2v) is 3.96. The Balaban J connectivity index is 2.17. The molecule has 0 aliphatic heterocycles. The maximum Gasteiger partial charge on any atom is 0.160 e. The van der Waals surface area contributed by atoms with Gasteiger partial charge in [0.1, 0.15) is 6.33 Å². The number of nitrogens with zero attached hydrogens (tertiary/aromatic N) is 2. The Morgan fingerprint density at radius 3 is 2.78 bits per heavy atom. The number of hydrogen-bond acceptors (Lipinski definition) is 3. The van der Waals surface area contributed by atoms with Gasteiger partial charge in [0.2, 0.25) is 0 Å². The molecule has 0 saturated carbocycles. The Morgan fingerprint density at radius 2 is 2.00 bits per heavy atom. The van der Waals surface area contributed by atoms with Crippen molar-refractivity contribution in [1.82, 2.24) is 9.55 Å². The van der Waals surface area contributed by atoms with Gasteiger partial charge in [-0.05, 0) is 24.3 Å². The summed E-state index contributed by atoms with van der Waals surface area (Å²) < 4.78 is 6.96. The fraction of sp³-hybridized carbons (Fsp3) is 0.0714. The molecule has 1 heterocycles. The van der Waals surface area contributed by atoms with Crippen molar-refractivity contribution in [3.63, 3.8) is 0 Å². The van der Waals surface area contributed by atoms with Crippen molar-refractivity contribution in [2.24, 2.45) is 0 Å². The van der Waals surface area contributed by atoms with E-state index in [0.29, 0.717) is 5.75 Å². The van der Waals surface area contributed by atoms with Crippen molar-refractivity contribution in [3.05, 3.63) is 48.8 Å². The molecule has 2 aromatic carbocycles. The van der Waals surface area contributed by atoms with Crippen LogP contribution in [0.25, 0.3) is 16.7 Å². The predicted octanol–water partition coefficient (Wildman–Crippen LogP) is 2.74. The number of hydrogen-bond donors (Lipinski definition) is 1. The van der Waals surface area contributed by atoms with E-state index < -0.39 is 0 Å². The summed E-state index contributed by atoms with van der Waals surface area (Å²) in [5.41, 5.74) is 2.77. The normalized spacial score (nSPS) is 10.7. The highest BCUT2D eigenvalue weighted by atomic mass is 16.5. The highest BCUT2D eigenvalue weighted by molar-refractivity contribution is 5.77. The highest BCUT2D eigenvalue weighted by Gasteiger charge is 2.07. The predicted molar refractivity (Wildman–Crippen MR) is 69.3 cm³/mol. The first-order chi connectivity index (χ1) is 8.79. The van der Waals surface area contributed by atoms with Crippen molar-refractivity contribution < 1.29 is 9.84 Å². The monoisotopic (exact) mass is 240 g/mol. The minimum absolute atomic E-state index is 0.118. The van der Waals surface area contributed by atoms with Gasteiger partial charge in [-0.2, -0.15) is 0 Å². The fourth-order valence-corrected chi connectivity index (χ4v) is 1.99. The number of phenolic OH excluding ortho intramolecular Hbond substituents is 1. The molecule has 0 fully saturated rings. The molecule has 90 valence electrons. The number of phenols is 1. The molecule has 4 nitrogen and oxygen atoms in total. The SMILES string of the molecule is COc1ccc(-n2cnc3ccccc32)cc1O. The van der Waals surface area contributed by atoms with Gasteiger partial charge in [0, 0.05) is 6.07 Å². The maximum atomic E-state index is 9.80. The number of imidazole rings is 1. The van der Waals surface area contributed by atoms with Crippen molar-refractivity contribution in [1.29, 1.82) is 0 Å². The Kier molecular flexibility index (Phi) is 2.41. The Morgan fingerprint density at radius 1 is 1.17 bits per heavy atom. The van der Waals surface area contributed by atoms with Crippen LogP contribution >= 0.6 is 0 Å². The van der Waals surface area contributed by atoms with Crippen LogP contribution in [0.2, 0.25) is 0 Å². The van der Waals surface area contributed by atoms with Crippen LogP contribution in [0.3, 0.4) is 0 Å². The summed E-state index contributed by atoms with van der Waals surface area (Å²) >= 11 is 0. The summed E-state index contributed by atoms with van der Waals surface area (Å²) in [4.78, 5) is 4.32. The van der Waals surface area contributed by atoms with Gasteiger partial charge in [-0.1, -0.05) is 12.1 Å². The summed E-state index contributed by atoms with van der Waals surface area (Å²) in [6.45, 7) is 0. The van der Waals surface area contributed by atoms with Crippen LogP contribution in [-0.4, -0.2) is 21.8 Å². The number of benzene rings is 2. The molecule has 0 atom stereocenters. The molecule has 0 amide bonds. The fourth-order valence-electron chi connectivity index (χ4n) is 1.99. The zero-order valence-corrected chi connectivity index (χ0v) is 9.87. The second-order valence-electron chi connectivity index (χ2n) is 3.96. The second kappa shape index (κ2) is 4.07. The third-order valence-corrected chi connectivity index (χ3v) is 2.89. The van der Waals surface area contributed by atoms with Crippen LogP contribution in [0.5, 0.6) is 11.5 Å². The molecule has 0 saturated heterocycles. The maximum absolute atomic E-state index is 9.80. The first-order valence-corrected chi connectivity index (χ1v) is 5.59. The number of para-hydroxylation sites is 2. The van der Waals surface area contributed by atoms with Crippen LogP contribution < -0.4 is 4.74 Å². The molecule has 0 aliphatic carbocycles. The number of methoxy groups -OCH3 is 1. The van der Waals surface area contributed by atoms with E-state index in [-0.39, 0.29) is 5.75 Å². The molecule has 0 aliphatic rings. The molecule has 0 bridgehead atoms. The third kappa shape index (κ3) is 1.59. The molecule has 18 heavy (non-hydrogen) atoms. The molecule has 0 radical (unpaired) electrons. The quantitative estimate of drug-likeness (QED) is 0.749. The smallest absolute Gasteiger partial charge is 0.160 e. The summed E-state index contributed by atoms with van der Waals surface area (Å²) in [6.07, 6.45) is 1.74. The first kappa shape index (κ1) is 10.7. The van der Waals surface area contributed by atoms with Gasteiger partial charge < -0.3 is 9.84 Å². The lowest BCUT2D eigenvalue weighted by Gasteiger charge is -2.07. The van der Waals surface area contributed by atoms with Crippen LogP contribution in [0.1, 0.15) is 0 Å². The van der Waals surface area contributed by atoms with Crippen molar-refractivity contribution in [3.8, 4) is 17.2 Å². The third-order valence-electron chi connectivity index (χ3n) is 2.89. The summed E-state index contributed by atoms with van der Waals surface area (Å²) in [7, 11) is 1.53. The molecule has 4 heteroatoms. The Bertz CT molecular complexity index is 704. The largest absolute Gasteiger partial charge is 0.504 e. The van der Waals surface area contributed by atoms with E-state index in [4.69, 9.17) is 4.74 Å². The van der Waals surface area contributed by atoms with E-state index in [1.807, 2.05) is 34.9 Å². The zero-order chi connectivity index (χ0) is 12.5. The molecule has 1 aromatic heterocycles.